The van der Waals surface area contributed by atoms with Crippen molar-refractivity contribution >= 4 is 40.2 Å². The number of para-hydroxylation sites is 1. The van der Waals surface area contributed by atoms with Crippen LogP contribution in [0.5, 0.6) is 0 Å². The van der Waals surface area contributed by atoms with Crippen molar-refractivity contribution in [1.82, 2.24) is 4.98 Å². The Balaban J connectivity index is 1.60. The fraction of sp³-hybridized carbons (Fsp3) is 0.240. The topological polar surface area (TPSA) is 93.6 Å². The number of fused-ring (bicyclic) bond motifs is 3. The molecule has 162 valence electrons. The number of benzene rings is 2. The van der Waals surface area contributed by atoms with E-state index in [0.29, 0.717) is 27.8 Å². The number of pyridine rings is 1. The molecule has 0 atom stereocenters. The van der Waals surface area contributed by atoms with Gasteiger partial charge in [0.2, 0.25) is 0 Å². The van der Waals surface area contributed by atoms with Gasteiger partial charge in [0, 0.05) is 10.8 Å². The number of nitrogens with zero attached hydrogens (tertiary/aromatic N) is 2. The molecule has 0 spiro atoms. The van der Waals surface area contributed by atoms with Gasteiger partial charge in [0.15, 0.2) is 12.4 Å². The van der Waals surface area contributed by atoms with E-state index in [1.807, 2.05) is 6.07 Å². The molecule has 1 aliphatic rings. The van der Waals surface area contributed by atoms with Crippen molar-refractivity contribution in [2.24, 2.45) is 5.41 Å². The molecule has 32 heavy (non-hydrogen) atoms. The van der Waals surface area contributed by atoms with Crippen LogP contribution in [0.25, 0.3) is 10.9 Å². The third-order valence-electron chi connectivity index (χ3n) is 5.44. The van der Waals surface area contributed by atoms with E-state index in [9.17, 15) is 19.2 Å². The first-order valence-electron chi connectivity index (χ1n) is 10.2. The van der Waals surface area contributed by atoms with E-state index in [1.54, 1.807) is 45.9 Å². The number of carbonyl (C=O) groups excluding carboxylic acids is 4. The van der Waals surface area contributed by atoms with E-state index in [4.69, 9.17) is 4.74 Å². The minimum absolute atomic E-state index is 0.190. The monoisotopic (exact) mass is 430 g/mol. The zero-order valence-electron chi connectivity index (χ0n) is 18.3. The molecule has 4 rings (SSSR count). The minimum atomic E-state index is -0.650. The lowest BCUT2D eigenvalue weighted by molar-refractivity contribution is -0.129. The Labute approximate surface area is 185 Å². The molecular formula is C25H22N2O5. The molecule has 0 bridgehead atoms. The lowest BCUT2D eigenvalue weighted by Crippen LogP contribution is -2.29. The van der Waals surface area contributed by atoms with Crippen LogP contribution in [-0.2, 0) is 9.53 Å². The molecule has 0 saturated carbocycles. The van der Waals surface area contributed by atoms with Crippen molar-refractivity contribution in [2.45, 2.75) is 27.7 Å². The fourth-order valence-electron chi connectivity index (χ4n) is 3.55. The van der Waals surface area contributed by atoms with Gasteiger partial charge < -0.3 is 4.74 Å². The Kier molecular flexibility index (Phi) is 5.12. The molecule has 0 N–H and O–H groups in total. The van der Waals surface area contributed by atoms with Crippen molar-refractivity contribution in [3.8, 4) is 0 Å². The Morgan fingerprint density at radius 2 is 1.56 bits per heavy atom. The van der Waals surface area contributed by atoms with Gasteiger partial charge in [0.05, 0.1) is 33.6 Å². The van der Waals surface area contributed by atoms with E-state index in [-0.39, 0.29) is 23.5 Å². The summed E-state index contributed by atoms with van der Waals surface area (Å²) in [7, 11) is 0. The van der Waals surface area contributed by atoms with Gasteiger partial charge >= 0.3 is 5.97 Å². The standard InChI is InChI=1S/C25H22N2O5/c1-14-20-21(17-7-5-6-8-18(17)26-14)23(30)27(22(20)29)16-11-9-15(10-12-16)24(31)32-13-19(28)25(2,3)4/h5-12H,13H2,1-4H3. The third kappa shape index (κ3) is 3.56. The molecule has 0 radical (unpaired) electrons. The summed E-state index contributed by atoms with van der Waals surface area (Å²) in [4.78, 5) is 56.1. The molecule has 2 amide bonds. The number of ether oxygens (including phenoxy) is 1. The lowest BCUT2D eigenvalue weighted by Gasteiger charge is -2.16. The van der Waals surface area contributed by atoms with Crippen LogP contribution >= 0.6 is 0 Å². The van der Waals surface area contributed by atoms with Crippen molar-refractivity contribution in [3.63, 3.8) is 0 Å². The number of hydrogen-bond donors (Lipinski definition) is 0. The largest absolute Gasteiger partial charge is 0.454 e. The average Bonchev–Trinajstić information content (AvgIpc) is 3.02. The zero-order valence-corrected chi connectivity index (χ0v) is 18.3. The molecule has 2 heterocycles. The van der Waals surface area contributed by atoms with E-state index < -0.39 is 23.2 Å². The van der Waals surface area contributed by atoms with Gasteiger partial charge in [-0.25, -0.2) is 9.69 Å². The summed E-state index contributed by atoms with van der Waals surface area (Å²) in [5.74, 6) is -1.73. The van der Waals surface area contributed by atoms with Crippen LogP contribution < -0.4 is 4.90 Å². The molecule has 7 heteroatoms. The first-order chi connectivity index (χ1) is 15.1. The molecule has 2 aromatic carbocycles. The smallest absolute Gasteiger partial charge is 0.338 e. The van der Waals surface area contributed by atoms with Crippen molar-refractivity contribution < 1.29 is 23.9 Å². The van der Waals surface area contributed by atoms with E-state index in [1.165, 1.54) is 24.3 Å². The van der Waals surface area contributed by atoms with Gasteiger partial charge in [-0.1, -0.05) is 39.0 Å². The van der Waals surface area contributed by atoms with E-state index in [0.717, 1.165) is 4.90 Å². The number of aromatic nitrogens is 1. The van der Waals surface area contributed by atoms with Crippen LogP contribution in [-0.4, -0.2) is 35.2 Å². The number of anilines is 1. The van der Waals surface area contributed by atoms with Crippen molar-refractivity contribution in [3.05, 3.63) is 70.9 Å². The molecule has 1 aromatic heterocycles. The van der Waals surface area contributed by atoms with Crippen LogP contribution in [0, 0.1) is 12.3 Å². The SMILES string of the molecule is Cc1nc2ccccc2c2c1C(=O)N(c1ccc(C(=O)OCC(=O)C(C)(C)C)cc1)C2=O. The summed E-state index contributed by atoms with van der Waals surface area (Å²) in [6.07, 6.45) is 0. The summed E-state index contributed by atoms with van der Waals surface area (Å²) >= 11 is 0. The third-order valence-corrected chi connectivity index (χ3v) is 5.44. The predicted octanol–water partition coefficient (Wildman–Crippen LogP) is 4.12. The molecular weight excluding hydrogens is 408 g/mol. The molecule has 1 aliphatic heterocycles. The highest BCUT2D eigenvalue weighted by molar-refractivity contribution is 6.37. The number of ketones is 1. The quantitative estimate of drug-likeness (QED) is 0.457. The second kappa shape index (κ2) is 7.67. The first kappa shape index (κ1) is 21.4. The highest BCUT2D eigenvalue weighted by Crippen LogP contribution is 2.34. The summed E-state index contributed by atoms with van der Waals surface area (Å²) in [6, 6.07) is 13.1. The number of esters is 1. The van der Waals surface area contributed by atoms with Crippen LogP contribution in [0.4, 0.5) is 5.69 Å². The van der Waals surface area contributed by atoms with Gasteiger partial charge in [0.1, 0.15) is 0 Å². The average molecular weight is 430 g/mol. The van der Waals surface area contributed by atoms with Crippen LogP contribution in [0.1, 0.15) is 57.5 Å². The van der Waals surface area contributed by atoms with Crippen LogP contribution in [0.2, 0.25) is 0 Å². The zero-order chi connectivity index (χ0) is 23.2. The summed E-state index contributed by atoms with van der Waals surface area (Å²) in [5.41, 5.74) is 1.71. The molecule has 0 unspecified atom stereocenters. The lowest BCUT2D eigenvalue weighted by atomic mass is 9.91. The Bertz CT molecular complexity index is 1290. The number of aryl methyl sites for hydroxylation is 1. The molecule has 0 fully saturated rings. The summed E-state index contributed by atoms with van der Waals surface area (Å²) in [5, 5.41) is 0.623. The van der Waals surface area contributed by atoms with Crippen molar-refractivity contribution in [1.29, 1.82) is 0 Å². The minimum Gasteiger partial charge on any atom is -0.454 e. The molecule has 0 aliphatic carbocycles. The van der Waals surface area contributed by atoms with Gasteiger partial charge in [-0.05, 0) is 37.3 Å². The second-order valence-corrected chi connectivity index (χ2v) is 8.71. The number of amides is 2. The van der Waals surface area contributed by atoms with Gasteiger partial charge in [-0.2, -0.15) is 0 Å². The maximum absolute atomic E-state index is 13.2. The second-order valence-electron chi connectivity index (χ2n) is 8.71. The Hall–Kier alpha value is -3.87. The number of hydrogen-bond acceptors (Lipinski definition) is 6. The maximum Gasteiger partial charge on any atom is 0.338 e. The highest BCUT2D eigenvalue weighted by atomic mass is 16.5. The van der Waals surface area contributed by atoms with E-state index >= 15 is 0 Å². The first-order valence-corrected chi connectivity index (χ1v) is 10.2. The normalized spacial score (nSPS) is 13.4. The Morgan fingerprint density at radius 1 is 0.938 bits per heavy atom. The summed E-state index contributed by atoms with van der Waals surface area (Å²) in [6.45, 7) is 6.64. The fourth-order valence-corrected chi connectivity index (χ4v) is 3.55. The number of imide groups is 1. The summed E-state index contributed by atoms with van der Waals surface area (Å²) < 4.78 is 5.09. The van der Waals surface area contributed by atoms with E-state index in [2.05, 4.69) is 4.98 Å². The number of Topliss-reactive ketones (excluding diaryl/α,β-unsaturated/α-hetero) is 1. The predicted molar refractivity (Wildman–Crippen MR) is 119 cm³/mol. The molecule has 7 nitrogen and oxygen atoms in total. The number of carbonyl (C=O) groups is 4. The highest BCUT2D eigenvalue weighted by Gasteiger charge is 2.40. The van der Waals surface area contributed by atoms with Gasteiger partial charge in [-0.15, -0.1) is 0 Å². The Morgan fingerprint density at radius 3 is 2.22 bits per heavy atom. The van der Waals surface area contributed by atoms with Crippen molar-refractivity contribution in [2.75, 3.05) is 11.5 Å². The number of rotatable bonds is 4. The van der Waals surface area contributed by atoms with Gasteiger partial charge in [-0.3, -0.25) is 19.4 Å². The molecule has 0 saturated heterocycles. The van der Waals surface area contributed by atoms with Gasteiger partial charge in [0.25, 0.3) is 11.8 Å². The molecule has 3 aromatic rings. The van der Waals surface area contributed by atoms with Crippen LogP contribution in [0.3, 0.4) is 0 Å². The maximum atomic E-state index is 13.2. The van der Waals surface area contributed by atoms with Crippen LogP contribution in [0.15, 0.2) is 48.5 Å².